The molecule has 142 valence electrons. The topological polar surface area (TPSA) is 138 Å². The molecule has 2 aromatic carbocycles. The van der Waals surface area contributed by atoms with Gasteiger partial charge in [0.15, 0.2) is 5.60 Å². The SMILES string of the molecule is NS(=O)(=O)c1ccc(CN2C(=O)C(O)(CC(=O)O)c3ccc(Br)cc32)cc1. The van der Waals surface area contributed by atoms with E-state index in [0.717, 1.165) is 0 Å². The highest BCUT2D eigenvalue weighted by molar-refractivity contribution is 9.10. The monoisotopic (exact) mass is 454 g/mol. The molecule has 8 nitrogen and oxygen atoms in total. The van der Waals surface area contributed by atoms with Crippen molar-refractivity contribution in [1.82, 2.24) is 0 Å². The summed E-state index contributed by atoms with van der Waals surface area (Å²) in [6.07, 6.45) is -0.763. The second-order valence-corrected chi connectivity index (χ2v) is 8.65. The number of carboxylic acids is 1. The van der Waals surface area contributed by atoms with Crippen LogP contribution < -0.4 is 10.0 Å². The fourth-order valence-corrected chi connectivity index (χ4v) is 3.90. The van der Waals surface area contributed by atoms with Crippen LogP contribution in [0.4, 0.5) is 5.69 Å². The van der Waals surface area contributed by atoms with E-state index in [1.54, 1.807) is 12.1 Å². The molecule has 0 saturated heterocycles. The molecular formula is C17H15BrN2O6S. The summed E-state index contributed by atoms with van der Waals surface area (Å²) in [5.41, 5.74) is -0.989. The minimum atomic E-state index is -3.84. The van der Waals surface area contributed by atoms with Gasteiger partial charge in [0.1, 0.15) is 0 Å². The molecule has 1 aliphatic rings. The van der Waals surface area contributed by atoms with Crippen LogP contribution in [0.2, 0.25) is 0 Å². The first kappa shape index (κ1) is 19.5. The molecule has 0 fully saturated rings. The van der Waals surface area contributed by atoms with E-state index in [0.29, 0.717) is 15.7 Å². The molecule has 1 unspecified atom stereocenters. The quantitative estimate of drug-likeness (QED) is 0.622. The molecule has 0 aromatic heterocycles. The van der Waals surface area contributed by atoms with Crippen molar-refractivity contribution in [3.05, 3.63) is 58.1 Å². The van der Waals surface area contributed by atoms with Crippen molar-refractivity contribution in [1.29, 1.82) is 0 Å². The highest BCUT2D eigenvalue weighted by Crippen LogP contribution is 2.44. The maximum absolute atomic E-state index is 12.8. The Bertz CT molecular complexity index is 1040. The summed E-state index contributed by atoms with van der Waals surface area (Å²) in [7, 11) is -3.84. The number of fused-ring (bicyclic) bond motifs is 1. The number of rotatable bonds is 5. The van der Waals surface area contributed by atoms with Gasteiger partial charge in [0, 0.05) is 10.0 Å². The van der Waals surface area contributed by atoms with E-state index in [-0.39, 0.29) is 17.0 Å². The van der Waals surface area contributed by atoms with Crippen LogP contribution in [0.3, 0.4) is 0 Å². The van der Waals surface area contributed by atoms with E-state index in [4.69, 9.17) is 10.2 Å². The van der Waals surface area contributed by atoms with Gasteiger partial charge >= 0.3 is 5.97 Å². The van der Waals surface area contributed by atoms with Gasteiger partial charge < -0.3 is 15.1 Å². The molecular weight excluding hydrogens is 440 g/mol. The van der Waals surface area contributed by atoms with Crippen molar-refractivity contribution in [3.63, 3.8) is 0 Å². The molecule has 1 heterocycles. The normalized spacial score (nSPS) is 19.2. The van der Waals surface area contributed by atoms with Gasteiger partial charge in [-0.2, -0.15) is 0 Å². The van der Waals surface area contributed by atoms with Crippen molar-refractivity contribution in [3.8, 4) is 0 Å². The third kappa shape index (κ3) is 3.61. The number of aliphatic carboxylic acids is 1. The number of hydrogen-bond donors (Lipinski definition) is 3. The molecule has 0 saturated carbocycles. The number of carbonyl (C=O) groups excluding carboxylic acids is 1. The van der Waals surface area contributed by atoms with Crippen LogP contribution in [0.15, 0.2) is 51.8 Å². The lowest BCUT2D eigenvalue weighted by molar-refractivity contribution is -0.150. The summed E-state index contributed by atoms with van der Waals surface area (Å²) >= 11 is 3.30. The Kier molecular flexibility index (Phi) is 4.85. The van der Waals surface area contributed by atoms with Crippen molar-refractivity contribution in [2.24, 2.45) is 5.14 Å². The first-order valence-electron chi connectivity index (χ1n) is 7.70. The fourth-order valence-electron chi connectivity index (χ4n) is 3.04. The maximum Gasteiger partial charge on any atom is 0.307 e. The van der Waals surface area contributed by atoms with Gasteiger partial charge in [-0.05, 0) is 29.8 Å². The fraction of sp³-hybridized carbons (Fsp3) is 0.176. The Labute approximate surface area is 163 Å². The zero-order chi connectivity index (χ0) is 20.0. The molecule has 0 bridgehead atoms. The first-order valence-corrected chi connectivity index (χ1v) is 10.0. The Morgan fingerprint density at radius 3 is 2.37 bits per heavy atom. The average molecular weight is 455 g/mol. The number of halogens is 1. The van der Waals surface area contributed by atoms with Crippen LogP contribution in [-0.4, -0.2) is 30.5 Å². The van der Waals surface area contributed by atoms with Crippen LogP contribution in [0.25, 0.3) is 0 Å². The summed E-state index contributed by atoms with van der Waals surface area (Å²) < 4.78 is 23.4. The number of sulfonamides is 1. The van der Waals surface area contributed by atoms with Gasteiger partial charge in [0.05, 0.1) is 23.5 Å². The largest absolute Gasteiger partial charge is 0.481 e. The Hall–Kier alpha value is -2.27. The standard InChI is InChI=1S/C17H15BrN2O6S/c18-11-3-6-13-14(7-11)20(16(23)17(13,24)8-15(21)22)9-10-1-4-12(5-2-10)27(19,25)26/h1-7,24H,8-9H2,(H,21,22)(H2,19,25,26). The number of nitrogens with zero attached hydrogens (tertiary/aromatic N) is 1. The second kappa shape index (κ2) is 6.71. The minimum Gasteiger partial charge on any atom is -0.481 e. The van der Waals surface area contributed by atoms with Gasteiger partial charge in [-0.25, -0.2) is 13.6 Å². The molecule has 1 aliphatic heterocycles. The number of hydrogen-bond acceptors (Lipinski definition) is 5. The molecule has 0 aliphatic carbocycles. The highest BCUT2D eigenvalue weighted by atomic mass is 79.9. The summed E-state index contributed by atoms with van der Waals surface area (Å²) in [4.78, 5) is 25.2. The predicted octanol–water partition coefficient (Wildman–Crippen LogP) is 1.31. The van der Waals surface area contributed by atoms with Crippen molar-refractivity contribution in [2.45, 2.75) is 23.5 Å². The van der Waals surface area contributed by atoms with Gasteiger partial charge in [0.25, 0.3) is 5.91 Å². The van der Waals surface area contributed by atoms with Gasteiger partial charge in [0.2, 0.25) is 10.0 Å². The highest BCUT2D eigenvalue weighted by Gasteiger charge is 2.51. The summed E-state index contributed by atoms with van der Waals surface area (Å²) in [6, 6.07) is 10.4. The number of nitrogens with two attached hydrogens (primary N) is 1. The molecule has 0 radical (unpaired) electrons. The van der Waals surface area contributed by atoms with Gasteiger partial charge in [-0.3, -0.25) is 9.59 Å². The molecule has 2 aromatic rings. The number of benzene rings is 2. The zero-order valence-corrected chi connectivity index (χ0v) is 16.2. The lowest BCUT2D eigenvalue weighted by Gasteiger charge is -2.21. The summed E-state index contributed by atoms with van der Waals surface area (Å²) in [5.74, 6) is -2.06. The third-order valence-electron chi connectivity index (χ3n) is 4.29. The molecule has 4 N–H and O–H groups in total. The molecule has 27 heavy (non-hydrogen) atoms. The molecule has 1 amide bonds. The minimum absolute atomic E-state index is 0.0229. The van der Waals surface area contributed by atoms with E-state index >= 15 is 0 Å². The van der Waals surface area contributed by atoms with Crippen LogP contribution in [-0.2, 0) is 31.8 Å². The predicted molar refractivity (Wildman–Crippen MR) is 99.3 cm³/mol. The van der Waals surface area contributed by atoms with Crippen LogP contribution >= 0.6 is 15.9 Å². The number of primary sulfonamides is 1. The van der Waals surface area contributed by atoms with E-state index < -0.39 is 33.9 Å². The summed E-state index contributed by atoms with van der Waals surface area (Å²) in [5, 5.41) is 25.0. The van der Waals surface area contributed by atoms with Gasteiger partial charge in [-0.15, -0.1) is 0 Å². The zero-order valence-electron chi connectivity index (χ0n) is 13.8. The van der Waals surface area contributed by atoms with E-state index in [9.17, 15) is 23.1 Å². The Balaban J connectivity index is 2.00. The number of carbonyl (C=O) groups is 2. The Morgan fingerprint density at radius 2 is 1.81 bits per heavy atom. The average Bonchev–Trinajstić information content (AvgIpc) is 2.75. The van der Waals surface area contributed by atoms with Crippen molar-refractivity contribution in [2.75, 3.05) is 4.90 Å². The molecule has 3 rings (SSSR count). The number of carboxylic acid groups (broad SMARTS) is 1. The summed E-state index contributed by atoms with van der Waals surface area (Å²) in [6.45, 7) is 0.0229. The number of anilines is 1. The second-order valence-electron chi connectivity index (χ2n) is 6.17. The van der Waals surface area contributed by atoms with Crippen LogP contribution in [0.5, 0.6) is 0 Å². The lowest BCUT2D eigenvalue weighted by atomic mass is 9.92. The van der Waals surface area contributed by atoms with Crippen molar-refractivity contribution >= 4 is 43.5 Å². The van der Waals surface area contributed by atoms with Crippen LogP contribution in [0.1, 0.15) is 17.5 Å². The molecule has 10 heteroatoms. The lowest BCUT2D eigenvalue weighted by Crippen LogP contribution is -2.41. The van der Waals surface area contributed by atoms with E-state index in [2.05, 4.69) is 15.9 Å². The number of aliphatic hydroxyl groups is 1. The first-order chi connectivity index (χ1) is 12.5. The van der Waals surface area contributed by atoms with E-state index in [1.165, 1.54) is 35.2 Å². The number of amides is 1. The molecule has 0 spiro atoms. The molecule has 1 atom stereocenters. The van der Waals surface area contributed by atoms with E-state index in [1.807, 2.05) is 0 Å². The smallest absolute Gasteiger partial charge is 0.307 e. The van der Waals surface area contributed by atoms with Crippen LogP contribution in [0, 0.1) is 0 Å². The van der Waals surface area contributed by atoms with Crippen molar-refractivity contribution < 1.29 is 28.2 Å². The van der Waals surface area contributed by atoms with Gasteiger partial charge in [-0.1, -0.05) is 34.1 Å². The third-order valence-corrected chi connectivity index (χ3v) is 5.72. The Morgan fingerprint density at radius 1 is 1.19 bits per heavy atom. The maximum atomic E-state index is 12.8.